The number of carboxylic acid groups (broad SMARTS) is 1. The smallest absolute Gasteiger partial charge is 0.335 e. The van der Waals surface area contributed by atoms with E-state index in [0.29, 0.717) is 12.0 Å². The van der Waals surface area contributed by atoms with Gasteiger partial charge in [0.2, 0.25) is 0 Å². The van der Waals surface area contributed by atoms with Crippen molar-refractivity contribution in [1.82, 2.24) is 4.90 Å². The van der Waals surface area contributed by atoms with Gasteiger partial charge >= 0.3 is 5.97 Å². The molecule has 0 radical (unpaired) electrons. The monoisotopic (exact) mass is 263 g/mol. The van der Waals surface area contributed by atoms with E-state index in [2.05, 4.69) is 4.90 Å². The summed E-state index contributed by atoms with van der Waals surface area (Å²) in [5, 5.41) is 19.0. The number of aliphatic hydroxyl groups is 1. The first-order valence-electron chi connectivity index (χ1n) is 6.79. The summed E-state index contributed by atoms with van der Waals surface area (Å²) in [5.74, 6) is -0.876. The van der Waals surface area contributed by atoms with Crippen molar-refractivity contribution in [3.05, 3.63) is 35.4 Å². The average molecular weight is 263 g/mol. The third kappa shape index (κ3) is 3.33. The molecule has 0 amide bonds. The van der Waals surface area contributed by atoms with Crippen LogP contribution in [0.2, 0.25) is 0 Å². The van der Waals surface area contributed by atoms with E-state index in [0.717, 1.165) is 31.4 Å². The minimum atomic E-state index is -0.876. The summed E-state index contributed by atoms with van der Waals surface area (Å²) >= 11 is 0. The van der Waals surface area contributed by atoms with Gasteiger partial charge in [0.15, 0.2) is 0 Å². The Labute approximate surface area is 113 Å². The van der Waals surface area contributed by atoms with Gasteiger partial charge in [0.1, 0.15) is 0 Å². The van der Waals surface area contributed by atoms with Crippen LogP contribution in [0.15, 0.2) is 24.3 Å². The maximum absolute atomic E-state index is 11.1. The summed E-state index contributed by atoms with van der Waals surface area (Å²) in [7, 11) is 2.00. The minimum absolute atomic E-state index is 0.219. The molecular formula is C15H21NO3. The number of aliphatic hydroxyl groups excluding tert-OH is 1. The first kappa shape index (κ1) is 14.0. The Hall–Kier alpha value is -1.39. The fourth-order valence-corrected chi connectivity index (χ4v) is 2.84. The van der Waals surface area contributed by atoms with Gasteiger partial charge in [-0.15, -0.1) is 0 Å². The normalized spacial score (nSPS) is 22.9. The third-order valence-corrected chi connectivity index (χ3v) is 3.99. The van der Waals surface area contributed by atoms with Gasteiger partial charge in [-0.1, -0.05) is 18.2 Å². The Morgan fingerprint density at radius 3 is 2.74 bits per heavy atom. The van der Waals surface area contributed by atoms with Crippen LogP contribution in [0.4, 0.5) is 0 Å². The lowest BCUT2D eigenvalue weighted by Gasteiger charge is -2.27. The van der Waals surface area contributed by atoms with Crippen molar-refractivity contribution in [2.45, 2.75) is 37.8 Å². The van der Waals surface area contributed by atoms with Crippen LogP contribution < -0.4 is 0 Å². The topological polar surface area (TPSA) is 60.8 Å². The van der Waals surface area contributed by atoms with Crippen molar-refractivity contribution < 1.29 is 15.0 Å². The second-order valence-electron chi connectivity index (χ2n) is 5.26. The number of likely N-dealkylation sites (N-methyl/N-ethyl adjacent to an activating group) is 1. The zero-order valence-corrected chi connectivity index (χ0v) is 11.2. The molecular weight excluding hydrogens is 242 g/mol. The fourth-order valence-electron chi connectivity index (χ4n) is 2.84. The molecule has 104 valence electrons. The number of carbonyl (C=O) groups is 1. The molecule has 1 saturated carbocycles. The van der Waals surface area contributed by atoms with Crippen LogP contribution in [0.25, 0.3) is 0 Å². The molecule has 1 aliphatic carbocycles. The van der Waals surface area contributed by atoms with Gasteiger partial charge in [-0.2, -0.15) is 0 Å². The van der Waals surface area contributed by atoms with E-state index in [1.54, 1.807) is 12.1 Å². The molecule has 4 nitrogen and oxygen atoms in total. The largest absolute Gasteiger partial charge is 0.478 e. The standard InChI is InChI=1S/C15H21NO3/c1-16(13-7-4-8-14(13)17)10-9-11-5-2-3-6-12(11)15(18)19/h2-3,5-6,13-14,17H,4,7-10H2,1H3,(H,18,19). The summed E-state index contributed by atoms with van der Waals surface area (Å²) in [6.07, 6.45) is 3.43. The van der Waals surface area contributed by atoms with Gasteiger partial charge in [0, 0.05) is 12.6 Å². The summed E-state index contributed by atoms with van der Waals surface area (Å²) < 4.78 is 0. The molecule has 2 unspecified atom stereocenters. The SMILES string of the molecule is CN(CCc1ccccc1C(=O)O)C1CCCC1O. The Kier molecular flexibility index (Phi) is 4.56. The number of rotatable bonds is 5. The number of carboxylic acids is 1. The molecule has 0 heterocycles. The van der Waals surface area contributed by atoms with Gasteiger partial charge in [-0.05, 0) is 44.4 Å². The zero-order valence-electron chi connectivity index (χ0n) is 11.2. The van der Waals surface area contributed by atoms with Crippen LogP contribution >= 0.6 is 0 Å². The van der Waals surface area contributed by atoms with Crippen molar-refractivity contribution in [1.29, 1.82) is 0 Å². The molecule has 1 aliphatic rings. The second-order valence-corrected chi connectivity index (χ2v) is 5.26. The van der Waals surface area contributed by atoms with E-state index in [-0.39, 0.29) is 12.1 Å². The van der Waals surface area contributed by atoms with Crippen molar-refractivity contribution in [2.24, 2.45) is 0 Å². The third-order valence-electron chi connectivity index (χ3n) is 3.99. The maximum atomic E-state index is 11.1. The predicted molar refractivity (Wildman–Crippen MR) is 73.4 cm³/mol. The van der Waals surface area contributed by atoms with Gasteiger partial charge in [-0.25, -0.2) is 4.79 Å². The average Bonchev–Trinajstić information content (AvgIpc) is 2.82. The summed E-state index contributed by atoms with van der Waals surface area (Å²) in [6.45, 7) is 0.770. The van der Waals surface area contributed by atoms with Crippen molar-refractivity contribution >= 4 is 5.97 Å². The molecule has 4 heteroatoms. The Morgan fingerprint density at radius 1 is 1.37 bits per heavy atom. The van der Waals surface area contributed by atoms with E-state index < -0.39 is 5.97 Å². The van der Waals surface area contributed by atoms with Gasteiger partial charge in [-0.3, -0.25) is 0 Å². The molecule has 0 aliphatic heterocycles. The number of nitrogens with zero attached hydrogens (tertiary/aromatic N) is 1. The molecule has 2 rings (SSSR count). The van der Waals surface area contributed by atoms with Crippen LogP contribution in [0.1, 0.15) is 35.2 Å². The van der Waals surface area contributed by atoms with Crippen molar-refractivity contribution in [2.75, 3.05) is 13.6 Å². The first-order chi connectivity index (χ1) is 9.09. The summed E-state index contributed by atoms with van der Waals surface area (Å²) in [4.78, 5) is 13.3. The van der Waals surface area contributed by atoms with Crippen LogP contribution in [-0.4, -0.2) is 46.8 Å². The van der Waals surface area contributed by atoms with Crippen molar-refractivity contribution in [3.63, 3.8) is 0 Å². The quantitative estimate of drug-likeness (QED) is 0.850. The number of hydrogen-bond donors (Lipinski definition) is 2. The first-order valence-corrected chi connectivity index (χ1v) is 6.79. The molecule has 1 fully saturated rings. The molecule has 0 bridgehead atoms. The van der Waals surface area contributed by atoms with E-state index in [1.165, 1.54) is 0 Å². The highest BCUT2D eigenvalue weighted by molar-refractivity contribution is 5.89. The molecule has 0 saturated heterocycles. The number of benzene rings is 1. The lowest BCUT2D eigenvalue weighted by Crippen LogP contribution is -2.38. The highest BCUT2D eigenvalue weighted by Crippen LogP contribution is 2.23. The Balaban J connectivity index is 1.97. The van der Waals surface area contributed by atoms with E-state index in [1.807, 2.05) is 19.2 Å². The van der Waals surface area contributed by atoms with E-state index >= 15 is 0 Å². The lowest BCUT2D eigenvalue weighted by molar-refractivity contribution is 0.0693. The molecule has 19 heavy (non-hydrogen) atoms. The number of aromatic carboxylic acids is 1. The lowest BCUT2D eigenvalue weighted by atomic mass is 10.0. The van der Waals surface area contributed by atoms with Gasteiger partial charge in [0.05, 0.1) is 11.7 Å². The summed E-state index contributed by atoms with van der Waals surface area (Å²) in [5.41, 5.74) is 1.23. The van der Waals surface area contributed by atoms with E-state index in [4.69, 9.17) is 5.11 Å². The molecule has 1 aromatic carbocycles. The van der Waals surface area contributed by atoms with Crippen LogP contribution in [0, 0.1) is 0 Å². The molecule has 2 atom stereocenters. The zero-order chi connectivity index (χ0) is 13.8. The highest BCUT2D eigenvalue weighted by Gasteiger charge is 2.28. The van der Waals surface area contributed by atoms with Crippen LogP contribution in [0.3, 0.4) is 0 Å². The fraction of sp³-hybridized carbons (Fsp3) is 0.533. The maximum Gasteiger partial charge on any atom is 0.335 e. The number of hydrogen-bond acceptors (Lipinski definition) is 3. The molecule has 1 aromatic rings. The molecule has 0 aromatic heterocycles. The molecule has 0 spiro atoms. The van der Waals surface area contributed by atoms with Crippen molar-refractivity contribution in [3.8, 4) is 0 Å². The molecule has 2 N–H and O–H groups in total. The second kappa shape index (κ2) is 6.17. The van der Waals surface area contributed by atoms with Crippen LogP contribution in [0.5, 0.6) is 0 Å². The van der Waals surface area contributed by atoms with Gasteiger partial charge < -0.3 is 15.1 Å². The van der Waals surface area contributed by atoms with Gasteiger partial charge in [0.25, 0.3) is 0 Å². The Morgan fingerprint density at radius 2 is 2.11 bits per heavy atom. The van der Waals surface area contributed by atoms with Crippen LogP contribution in [-0.2, 0) is 6.42 Å². The summed E-state index contributed by atoms with van der Waals surface area (Å²) in [6, 6.07) is 7.34. The highest BCUT2D eigenvalue weighted by atomic mass is 16.4. The Bertz CT molecular complexity index is 447. The van der Waals surface area contributed by atoms with E-state index in [9.17, 15) is 9.90 Å². The minimum Gasteiger partial charge on any atom is -0.478 e. The predicted octanol–water partition coefficient (Wildman–Crippen LogP) is 1.77.